The second kappa shape index (κ2) is 8.80. The van der Waals surface area contributed by atoms with Gasteiger partial charge >= 0.3 is 0 Å². The molecule has 1 aliphatic carbocycles. The molecule has 0 aliphatic heterocycles. The van der Waals surface area contributed by atoms with Crippen molar-refractivity contribution in [2.24, 2.45) is 0 Å². The highest BCUT2D eigenvalue weighted by Gasteiger charge is 2.33. The summed E-state index contributed by atoms with van der Waals surface area (Å²) in [6, 6.07) is 5.87. The molecular weight excluding hydrogens is 422 g/mol. The molecule has 4 aromatic rings. The minimum Gasteiger partial charge on any atom is -0.383 e. The first-order valence-corrected chi connectivity index (χ1v) is 11.0. The zero-order chi connectivity index (χ0) is 22.9. The first kappa shape index (κ1) is 21.4. The molecule has 1 unspecified atom stereocenters. The van der Waals surface area contributed by atoms with Crippen molar-refractivity contribution in [3.63, 3.8) is 0 Å². The van der Waals surface area contributed by atoms with Crippen LogP contribution < -0.4 is 10.6 Å². The third-order valence-electron chi connectivity index (χ3n) is 6.25. The number of anilines is 1. The molecule has 4 heterocycles. The summed E-state index contributed by atoms with van der Waals surface area (Å²) in [6.45, 7) is 1.25. The lowest BCUT2D eigenvalue weighted by atomic mass is 9.89. The topological polar surface area (TPSA) is 108 Å². The van der Waals surface area contributed by atoms with Crippen molar-refractivity contribution in [3.8, 4) is 11.3 Å². The van der Waals surface area contributed by atoms with Crippen LogP contribution in [0.25, 0.3) is 27.9 Å². The first-order chi connectivity index (χ1) is 16.1. The van der Waals surface area contributed by atoms with E-state index in [1.165, 1.54) is 0 Å². The number of ether oxygens (including phenoxy) is 2. The fourth-order valence-electron chi connectivity index (χ4n) is 4.29. The number of hydrogen-bond acceptors (Lipinski definition) is 7. The lowest BCUT2D eigenvalue weighted by molar-refractivity contribution is 0.00732. The molecule has 1 saturated carbocycles. The smallest absolute Gasteiger partial charge is 0.257 e. The lowest BCUT2D eigenvalue weighted by Crippen LogP contribution is -2.51. The standard InChI is InChI=1S/C23H27N7O3/c1-24-20-11-18(16-13-29(9-10-32-2)21-14(16)5-4-8-25-21)27-22-15(12-26-30(20)22)23(31)28-17-6-7-19(17)33-3/h4-5,8,11-13,17,19,24H,6-7,9-10H2,1-3H3,(H,28,31)/t17?,19-/m0/s1. The van der Waals surface area contributed by atoms with E-state index in [-0.39, 0.29) is 18.1 Å². The Balaban J connectivity index is 1.59. The Morgan fingerprint density at radius 2 is 2.15 bits per heavy atom. The molecular formula is C23H27N7O3. The number of aromatic nitrogens is 5. The van der Waals surface area contributed by atoms with Gasteiger partial charge in [-0.15, -0.1) is 0 Å². The van der Waals surface area contributed by atoms with Gasteiger partial charge < -0.3 is 24.7 Å². The SMILES string of the molecule is CNc1cc(-c2cn(CCOC)c3ncccc23)nc2c(C(=O)NC3CC[C@@H]3OC)cnn12. The number of methoxy groups -OCH3 is 2. The van der Waals surface area contributed by atoms with Gasteiger partial charge in [0.25, 0.3) is 5.91 Å². The van der Waals surface area contributed by atoms with Crippen LogP contribution in [0, 0.1) is 0 Å². The predicted molar refractivity (Wildman–Crippen MR) is 124 cm³/mol. The number of nitrogens with zero attached hydrogens (tertiary/aromatic N) is 5. The monoisotopic (exact) mass is 449 g/mol. The van der Waals surface area contributed by atoms with Crippen molar-refractivity contribution in [1.82, 2.24) is 29.5 Å². The normalized spacial score (nSPS) is 17.9. The highest BCUT2D eigenvalue weighted by Crippen LogP contribution is 2.31. The number of carbonyl (C=O) groups is 1. The van der Waals surface area contributed by atoms with Crippen LogP contribution in [0.15, 0.2) is 36.8 Å². The van der Waals surface area contributed by atoms with E-state index >= 15 is 0 Å². The fourth-order valence-corrected chi connectivity index (χ4v) is 4.29. The Labute approximate surface area is 190 Å². The lowest BCUT2D eigenvalue weighted by Gasteiger charge is -2.35. The number of fused-ring (bicyclic) bond motifs is 2. The van der Waals surface area contributed by atoms with E-state index in [9.17, 15) is 4.79 Å². The Morgan fingerprint density at radius 1 is 1.27 bits per heavy atom. The molecule has 0 spiro atoms. The number of nitrogens with one attached hydrogen (secondary N) is 2. The third kappa shape index (κ3) is 3.70. The van der Waals surface area contributed by atoms with E-state index in [1.54, 1.807) is 31.1 Å². The van der Waals surface area contributed by atoms with Crippen LogP contribution in [-0.4, -0.2) is 70.1 Å². The van der Waals surface area contributed by atoms with Crippen LogP contribution in [0.4, 0.5) is 5.82 Å². The number of carbonyl (C=O) groups excluding carboxylic acids is 1. The molecule has 5 rings (SSSR count). The third-order valence-corrected chi connectivity index (χ3v) is 6.25. The summed E-state index contributed by atoms with van der Waals surface area (Å²) in [7, 11) is 5.17. The molecule has 4 aromatic heterocycles. The van der Waals surface area contributed by atoms with Gasteiger partial charge in [-0.3, -0.25) is 4.79 Å². The Kier molecular flexibility index (Phi) is 5.69. The summed E-state index contributed by atoms with van der Waals surface area (Å²) in [6.07, 6.45) is 7.27. The van der Waals surface area contributed by atoms with E-state index in [1.807, 2.05) is 31.4 Å². The molecule has 1 amide bonds. The zero-order valence-electron chi connectivity index (χ0n) is 18.9. The Hall–Kier alpha value is -3.50. The van der Waals surface area contributed by atoms with Gasteiger partial charge in [-0.25, -0.2) is 9.97 Å². The average Bonchev–Trinajstić information content (AvgIpc) is 3.42. The highest BCUT2D eigenvalue weighted by molar-refractivity contribution is 6.01. The quantitative estimate of drug-likeness (QED) is 0.425. The van der Waals surface area contributed by atoms with Gasteiger partial charge in [0, 0.05) is 57.2 Å². The van der Waals surface area contributed by atoms with Crippen molar-refractivity contribution in [1.29, 1.82) is 0 Å². The van der Waals surface area contributed by atoms with Crippen LogP contribution >= 0.6 is 0 Å². The summed E-state index contributed by atoms with van der Waals surface area (Å²) in [5.74, 6) is 0.529. The molecule has 172 valence electrons. The fraction of sp³-hybridized carbons (Fsp3) is 0.391. The van der Waals surface area contributed by atoms with Crippen molar-refractivity contribution >= 4 is 28.4 Å². The second-order valence-electron chi connectivity index (χ2n) is 8.11. The van der Waals surface area contributed by atoms with E-state index in [0.29, 0.717) is 24.4 Å². The molecule has 1 fully saturated rings. The van der Waals surface area contributed by atoms with Crippen LogP contribution in [0.2, 0.25) is 0 Å². The van der Waals surface area contributed by atoms with Crippen molar-refractivity contribution in [2.45, 2.75) is 31.5 Å². The summed E-state index contributed by atoms with van der Waals surface area (Å²) >= 11 is 0. The van der Waals surface area contributed by atoms with Gasteiger partial charge in [-0.2, -0.15) is 9.61 Å². The first-order valence-electron chi connectivity index (χ1n) is 11.0. The Morgan fingerprint density at radius 3 is 2.88 bits per heavy atom. The van der Waals surface area contributed by atoms with Crippen LogP contribution in [0.1, 0.15) is 23.2 Å². The van der Waals surface area contributed by atoms with E-state index in [4.69, 9.17) is 14.5 Å². The average molecular weight is 450 g/mol. The van der Waals surface area contributed by atoms with Crippen LogP contribution in [0.3, 0.4) is 0 Å². The predicted octanol–water partition coefficient (Wildman–Crippen LogP) is 2.34. The maximum Gasteiger partial charge on any atom is 0.257 e. The molecule has 0 radical (unpaired) electrons. The molecule has 10 nitrogen and oxygen atoms in total. The van der Waals surface area contributed by atoms with E-state index < -0.39 is 0 Å². The molecule has 10 heteroatoms. The van der Waals surface area contributed by atoms with Gasteiger partial charge in [-0.1, -0.05) is 0 Å². The van der Waals surface area contributed by atoms with Crippen LogP contribution in [-0.2, 0) is 16.0 Å². The highest BCUT2D eigenvalue weighted by atomic mass is 16.5. The van der Waals surface area contributed by atoms with Gasteiger partial charge in [0.1, 0.15) is 17.0 Å². The zero-order valence-corrected chi connectivity index (χ0v) is 18.9. The summed E-state index contributed by atoms with van der Waals surface area (Å²) < 4.78 is 14.4. The molecule has 0 saturated heterocycles. The number of rotatable bonds is 8. The van der Waals surface area contributed by atoms with Gasteiger partial charge in [0.15, 0.2) is 5.65 Å². The van der Waals surface area contributed by atoms with Crippen molar-refractivity contribution in [3.05, 3.63) is 42.4 Å². The molecule has 2 N–H and O–H groups in total. The summed E-state index contributed by atoms with van der Waals surface area (Å²) in [5.41, 5.74) is 3.44. The van der Waals surface area contributed by atoms with Gasteiger partial charge in [0.2, 0.25) is 0 Å². The molecule has 2 atom stereocenters. The van der Waals surface area contributed by atoms with Crippen molar-refractivity contribution in [2.75, 3.05) is 33.2 Å². The second-order valence-corrected chi connectivity index (χ2v) is 8.11. The summed E-state index contributed by atoms with van der Waals surface area (Å²) in [4.78, 5) is 22.5. The minimum absolute atomic E-state index is 0.00855. The van der Waals surface area contributed by atoms with Gasteiger partial charge in [0.05, 0.1) is 30.6 Å². The largest absolute Gasteiger partial charge is 0.383 e. The molecule has 0 bridgehead atoms. The maximum atomic E-state index is 13.1. The van der Waals surface area contributed by atoms with Crippen molar-refractivity contribution < 1.29 is 14.3 Å². The summed E-state index contributed by atoms with van der Waals surface area (Å²) in [5, 5.41) is 11.6. The molecule has 1 aliphatic rings. The molecule has 33 heavy (non-hydrogen) atoms. The van der Waals surface area contributed by atoms with E-state index in [0.717, 1.165) is 41.0 Å². The minimum atomic E-state index is -0.201. The number of pyridine rings is 1. The van der Waals surface area contributed by atoms with Crippen LogP contribution in [0.5, 0.6) is 0 Å². The Bertz CT molecular complexity index is 1310. The molecule has 0 aromatic carbocycles. The maximum absolute atomic E-state index is 13.1. The number of hydrogen-bond donors (Lipinski definition) is 2. The number of amides is 1. The van der Waals surface area contributed by atoms with E-state index in [2.05, 4.69) is 25.3 Å². The van der Waals surface area contributed by atoms with Gasteiger partial charge in [-0.05, 0) is 25.0 Å².